The molecule has 0 aliphatic heterocycles. The van der Waals surface area contributed by atoms with E-state index in [0.29, 0.717) is 0 Å². The first-order chi connectivity index (χ1) is 23.8. The zero-order valence-electron chi connectivity index (χ0n) is 28.6. The molecule has 49 heavy (non-hydrogen) atoms. The second-order valence-corrected chi connectivity index (χ2v) is 14.9. The van der Waals surface area contributed by atoms with Crippen molar-refractivity contribution in [1.82, 2.24) is 0 Å². The van der Waals surface area contributed by atoms with E-state index in [2.05, 4.69) is 173 Å². The van der Waals surface area contributed by atoms with Crippen molar-refractivity contribution in [3.05, 3.63) is 161 Å². The molecule has 0 amide bonds. The molecule has 2 aliphatic carbocycles. The Morgan fingerprint density at radius 3 is 1.90 bits per heavy atom. The molecule has 7 aromatic carbocycles. The Morgan fingerprint density at radius 2 is 1.08 bits per heavy atom. The largest absolute Gasteiger partial charge is 0.454 e. The van der Waals surface area contributed by atoms with Gasteiger partial charge in [-0.05, 0) is 86.6 Å². The van der Waals surface area contributed by atoms with Crippen molar-refractivity contribution in [2.75, 3.05) is 4.90 Å². The van der Waals surface area contributed by atoms with Crippen LogP contribution in [0.5, 0.6) is 0 Å². The maximum atomic E-state index is 6.80. The molecule has 1 heterocycles. The van der Waals surface area contributed by atoms with Gasteiger partial charge < -0.3 is 9.32 Å². The van der Waals surface area contributed by atoms with Crippen LogP contribution in [0.15, 0.2) is 138 Å². The third kappa shape index (κ3) is 3.67. The molecular weight excluding hydrogens is 595 g/mol. The topological polar surface area (TPSA) is 16.4 Å². The first-order valence-electron chi connectivity index (χ1n) is 17.4. The summed E-state index contributed by atoms with van der Waals surface area (Å²) in [6.07, 6.45) is 0. The number of nitrogens with zero attached hydrogens (tertiary/aromatic N) is 1. The predicted octanol–water partition coefficient (Wildman–Crippen LogP) is 13.1. The van der Waals surface area contributed by atoms with Crippen molar-refractivity contribution in [3.8, 4) is 22.3 Å². The van der Waals surface area contributed by atoms with Gasteiger partial charge in [0.2, 0.25) is 0 Å². The van der Waals surface area contributed by atoms with E-state index in [1.807, 2.05) is 0 Å². The molecule has 0 radical (unpaired) electrons. The van der Waals surface area contributed by atoms with E-state index in [1.165, 1.54) is 55.3 Å². The van der Waals surface area contributed by atoms with Crippen molar-refractivity contribution >= 4 is 49.8 Å². The van der Waals surface area contributed by atoms with Crippen LogP contribution in [0.3, 0.4) is 0 Å². The number of furan rings is 1. The molecule has 0 atom stereocenters. The lowest BCUT2D eigenvalue weighted by molar-refractivity contribution is 0.601. The molecule has 0 bridgehead atoms. The second-order valence-electron chi connectivity index (χ2n) is 14.9. The van der Waals surface area contributed by atoms with Gasteiger partial charge in [-0.2, -0.15) is 0 Å². The summed E-state index contributed by atoms with van der Waals surface area (Å²) in [7, 11) is 0. The molecule has 2 heteroatoms. The van der Waals surface area contributed by atoms with Gasteiger partial charge in [0.25, 0.3) is 0 Å². The second kappa shape index (κ2) is 9.74. The Morgan fingerprint density at radius 1 is 0.469 bits per heavy atom. The minimum atomic E-state index is -0.223. The van der Waals surface area contributed by atoms with Gasteiger partial charge >= 0.3 is 0 Å². The number of aryl methyl sites for hydroxylation is 1. The molecule has 0 unspecified atom stereocenters. The number of anilines is 3. The van der Waals surface area contributed by atoms with Gasteiger partial charge in [0.05, 0.1) is 11.4 Å². The minimum Gasteiger partial charge on any atom is -0.454 e. The summed E-state index contributed by atoms with van der Waals surface area (Å²) < 4.78 is 6.80. The predicted molar refractivity (Wildman–Crippen MR) is 206 cm³/mol. The standard InChI is InChI=1S/C47H37NO/c1-28-15-13-21-34-35-22-14-24-39(45(35)49-44(28)34)48(29-16-7-6-8-17-29)40-27-38-41(32-20-10-9-19-31(32)40)36-26-25-33-30-18-11-12-23-37(30)46(2,3)42(33)43(36)47(38,4)5/h6-27H,1-5H3. The monoisotopic (exact) mass is 631 g/mol. The lowest BCUT2D eigenvalue weighted by Crippen LogP contribution is -2.24. The lowest BCUT2D eigenvalue weighted by Gasteiger charge is -2.32. The zero-order chi connectivity index (χ0) is 33.2. The molecule has 10 rings (SSSR count). The van der Waals surface area contributed by atoms with Crippen LogP contribution in [0.25, 0.3) is 55.0 Å². The van der Waals surface area contributed by atoms with Gasteiger partial charge in [0.15, 0.2) is 5.58 Å². The highest BCUT2D eigenvalue weighted by molar-refractivity contribution is 6.14. The van der Waals surface area contributed by atoms with Crippen LogP contribution < -0.4 is 4.90 Å². The van der Waals surface area contributed by atoms with Crippen LogP contribution in [-0.2, 0) is 10.8 Å². The van der Waals surface area contributed by atoms with Gasteiger partial charge in [0.1, 0.15) is 5.58 Å². The minimum absolute atomic E-state index is 0.0969. The molecule has 0 saturated heterocycles. The number of rotatable bonds is 3. The summed E-state index contributed by atoms with van der Waals surface area (Å²) in [5.74, 6) is 0. The number of para-hydroxylation sites is 3. The number of hydrogen-bond donors (Lipinski definition) is 0. The smallest absolute Gasteiger partial charge is 0.159 e. The van der Waals surface area contributed by atoms with Crippen LogP contribution in [0.4, 0.5) is 17.1 Å². The summed E-state index contributed by atoms with van der Waals surface area (Å²) in [6.45, 7) is 11.8. The molecule has 0 fully saturated rings. The average Bonchev–Trinajstić information content (AvgIpc) is 3.70. The summed E-state index contributed by atoms with van der Waals surface area (Å²) in [4.78, 5) is 2.42. The Labute approximate surface area is 287 Å². The fourth-order valence-corrected chi connectivity index (χ4v) is 9.30. The SMILES string of the molecule is Cc1cccc2c1oc1c(N(c3ccccc3)c3cc4c(c5ccccc35)-c3ccc5c(c3C4(C)C)C(C)(C)c3ccccc3-5)cccc12. The van der Waals surface area contributed by atoms with Gasteiger partial charge in [-0.25, -0.2) is 0 Å². The van der Waals surface area contributed by atoms with Crippen molar-refractivity contribution in [1.29, 1.82) is 0 Å². The van der Waals surface area contributed by atoms with Crippen molar-refractivity contribution in [2.45, 2.75) is 45.4 Å². The van der Waals surface area contributed by atoms with E-state index in [4.69, 9.17) is 4.42 Å². The van der Waals surface area contributed by atoms with Crippen molar-refractivity contribution < 1.29 is 4.42 Å². The molecule has 0 spiro atoms. The summed E-state index contributed by atoms with van der Waals surface area (Å²) >= 11 is 0. The van der Waals surface area contributed by atoms with Crippen LogP contribution in [0, 0.1) is 6.92 Å². The van der Waals surface area contributed by atoms with E-state index in [-0.39, 0.29) is 10.8 Å². The van der Waals surface area contributed by atoms with Crippen LogP contribution in [0.1, 0.15) is 55.5 Å². The average molecular weight is 632 g/mol. The Balaban J connectivity index is 1.29. The van der Waals surface area contributed by atoms with Crippen LogP contribution >= 0.6 is 0 Å². The highest BCUT2D eigenvalue weighted by Gasteiger charge is 2.46. The van der Waals surface area contributed by atoms with Gasteiger partial charge in [-0.3, -0.25) is 0 Å². The van der Waals surface area contributed by atoms with Gasteiger partial charge in [-0.15, -0.1) is 0 Å². The van der Waals surface area contributed by atoms with Gasteiger partial charge in [-0.1, -0.05) is 137 Å². The first kappa shape index (κ1) is 28.4. The summed E-state index contributed by atoms with van der Waals surface area (Å²) in [5, 5.41) is 4.79. The fourth-order valence-electron chi connectivity index (χ4n) is 9.30. The lowest BCUT2D eigenvalue weighted by atomic mass is 9.72. The Kier molecular flexibility index (Phi) is 5.65. The number of benzene rings is 7. The van der Waals surface area contributed by atoms with Crippen LogP contribution in [-0.4, -0.2) is 0 Å². The molecule has 2 nitrogen and oxygen atoms in total. The summed E-state index contributed by atoms with van der Waals surface area (Å²) in [5.41, 5.74) is 17.2. The quantitative estimate of drug-likeness (QED) is 0.193. The van der Waals surface area contributed by atoms with E-state index in [1.54, 1.807) is 0 Å². The van der Waals surface area contributed by atoms with Crippen LogP contribution in [0.2, 0.25) is 0 Å². The van der Waals surface area contributed by atoms with Gasteiger partial charge in [0, 0.05) is 32.7 Å². The molecule has 0 N–H and O–H groups in total. The van der Waals surface area contributed by atoms with E-state index >= 15 is 0 Å². The fraction of sp³-hybridized carbons (Fsp3) is 0.149. The number of hydrogen-bond acceptors (Lipinski definition) is 2. The van der Waals surface area contributed by atoms with E-state index in [0.717, 1.165) is 44.6 Å². The molecule has 0 saturated carbocycles. The van der Waals surface area contributed by atoms with Crippen molar-refractivity contribution in [2.24, 2.45) is 0 Å². The molecular formula is C47H37NO. The highest BCUT2D eigenvalue weighted by atomic mass is 16.3. The maximum Gasteiger partial charge on any atom is 0.159 e. The molecule has 8 aromatic rings. The highest BCUT2D eigenvalue weighted by Crippen LogP contribution is 2.61. The molecule has 236 valence electrons. The van der Waals surface area contributed by atoms with Crippen molar-refractivity contribution in [3.63, 3.8) is 0 Å². The third-order valence-electron chi connectivity index (χ3n) is 11.5. The van der Waals surface area contributed by atoms with E-state index < -0.39 is 0 Å². The van der Waals surface area contributed by atoms with E-state index in [9.17, 15) is 0 Å². The molecule has 1 aromatic heterocycles. The zero-order valence-corrected chi connectivity index (χ0v) is 28.6. The normalized spacial score (nSPS) is 15.0. The Hall–Kier alpha value is -5.60. The number of fused-ring (bicyclic) bond motifs is 12. The Bertz CT molecular complexity index is 2670. The third-order valence-corrected chi connectivity index (χ3v) is 11.5. The first-order valence-corrected chi connectivity index (χ1v) is 17.4. The maximum absolute atomic E-state index is 6.80. The summed E-state index contributed by atoms with van der Waals surface area (Å²) in [6, 6.07) is 49.0. The molecule has 2 aliphatic rings.